The van der Waals surface area contributed by atoms with Crippen LogP contribution >= 0.6 is 11.3 Å². The summed E-state index contributed by atoms with van der Waals surface area (Å²) in [5.74, 6) is 0.226. The Kier molecular flexibility index (Phi) is 9.59. The molecule has 4 amide bonds. The van der Waals surface area contributed by atoms with E-state index in [0.29, 0.717) is 33.6 Å². The molecule has 0 aliphatic carbocycles. The van der Waals surface area contributed by atoms with Gasteiger partial charge < -0.3 is 15.1 Å². The van der Waals surface area contributed by atoms with Crippen LogP contribution < -0.4 is 25.3 Å². The van der Waals surface area contributed by atoms with Crippen LogP contribution in [-0.2, 0) is 21.9 Å². The van der Waals surface area contributed by atoms with Crippen molar-refractivity contribution >= 4 is 57.3 Å². The molecule has 5 heterocycles. The first-order chi connectivity index (χ1) is 24.6. The minimum atomic E-state index is -4.49. The molecule has 3 aromatic heterocycles. The molecular formula is C34H26F6N8O3S. The zero-order valence-corrected chi connectivity index (χ0v) is 27.9. The molecule has 0 fully saturated rings. The summed E-state index contributed by atoms with van der Waals surface area (Å²) in [5.41, 5.74) is 0.736. The summed E-state index contributed by atoms with van der Waals surface area (Å²) in [6, 6.07) is 15.5. The number of urea groups is 1. The number of benzene rings is 2. The number of fused-ring (bicyclic) bond motifs is 2. The van der Waals surface area contributed by atoms with Crippen LogP contribution in [0, 0.1) is 0 Å². The molecule has 0 radical (unpaired) electrons. The Morgan fingerprint density at radius 3 is 1.94 bits per heavy atom. The molecule has 18 heteroatoms. The molecule has 7 rings (SSSR count). The topological polar surface area (TPSA) is 124 Å². The number of hydrogen-bond acceptors (Lipinski definition) is 8. The number of amides is 4. The number of halogens is 6. The van der Waals surface area contributed by atoms with Crippen molar-refractivity contribution in [3.8, 4) is 22.5 Å². The fourth-order valence-corrected chi connectivity index (χ4v) is 5.78. The first-order valence-corrected chi connectivity index (χ1v) is 16.1. The fraction of sp³-hybridized carbons (Fsp3) is 0.176. The van der Waals surface area contributed by atoms with E-state index in [1.165, 1.54) is 51.6 Å². The summed E-state index contributed by atoms with van der Waals surface area (Å²) in [4.78, 5) is 53.3. The van der Waals surface area contributed by atoms with Crippen molar-refractivity contribution in [3.05, 3.63) is 95.5 Å². The van der Waals surface area contributed by atoms with Crippen molar-refractivity contribution in [3.63, 3.8) is 0 Å². The van der Waals surface area contributed by atoms with Crippen LogP contribution in [0.25, 0.3) is 22.5 Å². The molecule has 2 N–H and O–H groups in total. The summed E-state index contributed by atoms with van der Waals surface area (Å²) in [7, 11) is 3.18. The average Bonchev–Trinajstić information content (AvgIpc) is 3.64. The lowest BCUT2D eigenvalue weighted by Gasteiger charge is -2.33. The number of anilines is 5. The van der Waals surface area contributed by atoms with E-state index in [9.17, 15) is 40.7 Å². The van der Waals surface area contributed by atoms with Gasteiger partial charge in [-0.3, -0.25) is 19.8 Å². The highest BCUT2D eigenvalue weighted by Gasteiger charge is 2.34. The van der Waals surface area contributed by atoms with Gasteiger partial charge in [0.05, 0.1) is 40.4 Å². The van der Waals surface area contributed by atoms with E-state index in [4.69, 9.17) is 0 Å². The smallest absolute Gasteiger partial charge is 0.359 e. The Labute approximate surface area is 295 Å². The number of rotatable bonds is 3. The Bertz CT molecular complexity index is 2160. The van der Waals surface area contributed by atoms with E-state index in [1.54, 1.807) is 43.7 Å². The van der Waals surface area contributed by atoms with Gasteiger partial charge in [0.2, 0.25) is 11.8 Å². The van der Waals surface area contributed by atoms with Crippen molar-refractivity contribution in [2.24, 2.45) is 0 Å². The zero-order chi connectivity index (χ0) is 37.4. The Hall–Kier alpha value is -6.04. The highest BCUT2D eigenvalue weighted by atomic mass is 32.1. The molecule has 0 spiro atoms. The lowest BCUT2D eigenvalue weighted by molar-refractivity contribution is -0.138. The van der Waals surface area contributed by atoms with E-state index >= 15 is 0 Å². The molecule has 2 aliphatic rings. The molecule has 0 atom stereocenters. The van der Waals surface area contributed by atoms with Gasteiger partial charge in [-0.1, -0.05) is 24.3 Å². The van der Waals surface area contributed by atoms with Crippen LogP contribution in [-0.4, -0.2) is 60.0 Å². The molecule has 0 saturated heterocycles. The minimum Gasteiger partial charge on any atom is -0.359 e. The summed E-state index contributed by atoms with van der Waals surface area (Å²) >= 11 is 1.21. The second-order valence-electron chi connectivity index (χ2n) is 11.4. The fourth-order valence-electron chi connectivity index (χ4n) is 5.26. The van der Waals surface area contributed by atoms with Crippen LogP contribution in [0.2, 0.25) is 0 Å². The zero-order valence-electron chi connectivity index (χ0n) is 27.1. The molecule has 2 aliphatic heterocycles. The minimum absolute atomic E-state index is 0.0962. The summed E-state index contributed by atoms with van der Waals surface area (Å²) in [6.45, 7) is -0.150. The van der Waals surface area contributed by atoms with Gasteiger partial charge in [-0.25, -0.2) is 19.7 Å². The predicted octanol–water partition coefficient (Wildman–Crippen LogP) is 7.39. The van der Waals surface area contributed by atoms with Gasteiger partial charge in [-0.05, 0) is 48.5 Å². The second kappa shape index (κ2) is 13.9. The maximum Gasteiger partial charge on any atom is 0.416 e. The number of nitrogens with zero attached hydrogens (tertiary/aromatic N) is 6. The van der Waals surface area contributed by atoms with Gasteiger partial charge in [0.15, 0.2) is 16.8 Å². The molecule has 2 aromatic carbocycles. The van der Waals surface area contributed by atoms with Crippen molar-refractivity contribution < 1.29 is 40.7 Å². The standard InChI is InChI=1S/C19H14F3N5O2S.C15H12F3N3O/c1-26-14-6-5-13(11-3-2-4-12(9-11)19(20,21)22)24-16(14)27(10-15(26)28)18(29)25-17-23-7-8-30-17;1-21-12-6-5-11(20-14(12)19-8-13(21)22)9-3-2-4-10(7-9)15(16,17)18/h2-9H,10H2,1H3,(H,23,25,29);2-7H,8H2,1H3,(H,19,20). The van der Waals surface area contributed by atoms with Gasteiger partial charge in [-0.15, -0.1) is 11.3 Å². The van der Waals surface area contributed by atoms with Gasteiger partial charge in [0, 0.05) is 36.8 Å². The predicted molar refractivity (Wildman–Crippen MR) is 183 cm³/mol. The molecule has 268 valence electrons. The van der Waals surface area contributed by atoms with Crippen LogP contribution in [0.15, 0.2) is 84.4 Å². The van der Waals surface area contributed by atoms with Gasteiger partial charge in [0.1, 0.15) is 6.54 Å². The quantitative estimate of drug-likeness (QED) is 0.185. The van der Waals surface area contributed by atoms with E-state index in [1.807, 2.05) is 0 Å². The number of carbonyl (C=O) groups is 3. The number of carbonyl (C=O) groups excluding carboxylic acids is 3. The maximum atomic E-state index is 13.1. The summed E-state index contributed by atoms with van der Waals surface area (Å²) in [6.07, 6.45) is -7.36. The molecule has 0 unspecified atom stereocenters. The van der Waals surface area contributed by atoms with E-state index < -0.39 is 29.5 Å². The first-order valence-electron chi connectivity index (χ1n) is 15.2. The second-order valence-corrected chi connectivity index (χ2v) is 12.3. The molecule has 0 bridgehead atoms. The van der Waals surface area contributed by atoms with E-state index in [0.717, 1.165) is 29.2 Å². The number of pyridine rings is 2. The molecule has 11 nitrogen and oxygen atoms in total. The normalized spacial score (nSPS) is 14.2. The molecule has 5 aromatic rings. The monoisotopic (exact) mass is 740 g/mol. The third kappa shape index (κ3) is 7.51. The Morgan fingerprint density at radius 1 is 0.788 bits per heavy atom. The number of hydrogen-bond donors (Lipinski definition) is 2. The summed E-state index contributed by atoms with van der Waals surface area (Å²) < 4.78 is 77.5. The lowest BCUT2D eigenvalue weighted by atomic mass is 10.1. The first kappa shape index (κ1) is 35.8. The van der Waals surface area contributed by atoms with Crippen molar-refractivity contribution in [2.75, 3.05) is 52.5 Å². The third-order valence-electron chi connectivity index (χ3n) is 8.02. The molecular weight excluding hydrogens is 714 g/mol. The van der Waals surface area contributed by atoms with E-state index in [2.05, 4.69) is 25.6 Å². The average molecular weight is 741 g/mol. The highest BCUT2D eigenvalue weighted by Crippen LogP contribution is 2.37. The highest BCUT2D eigenvalue weighted by molar-refractivity contribution is 7.13. The van der Waals surface area contributed by atoms with Crippen molar-refractivity contribution in [2.45, 2.75) is 12.4 Å². The van der Waals surface area contributed by atoms with Crippen molar-refractivity contribution in [1.29, 1.82) is 0 Å². The maximum absolute atomic E-state index is 13.1. The van der Waals surface area contributed by atoms with Gasteiger partial charge in [0.25, 0.3) is 0 Å². The van der Waals surface area contributed by atoms with Crippen molar-refractivity contribution in [1.82, 2.24) is 15.0 Å². The largest absolute Gasteiger partial charge is 0.416 e. The van der Waals surface area contributed by atoms with Crippen LogP contribution in [0.5, 0.6) is 0 Å². The number of alkyl halides is 6. The number of nitrogens with one attached hydrogen (secondary N) is 2. The number of likely N-dealkylation sites (N-methyl/N-ethyl adjacent to an activating group) is 2. The number of aromatic nitrogens is 3. The van der Waals surface area contributed by atoms with Gasteiger partial charge >= 0.3 is 18.4 Å². The van der Waals surface area contributed by atoms with E-state index in [-0.39, 0.29) is 42.0 Å². The van der Waals surface area contributed by atoms with Crippen LogP contribution in [0.4, 0.5) is 59.3 Å². The SMILES string of the molecule is CN1C(=O)CN(C(=O)Nc2nccs2)c2nc(-c3cccc(C(F)(F)F)c3)ccc21.CN1C(=O)CNc2nc(-c3cccc(C(F)(F)F)c3)ccc21. The summed E-state index contributed by atoms with van der Waals surface area (Å²) in [5, 5.41) is 7.50. The van der Waals surface area contributed by atoms with Crippen LogP contribution in [0.3, 0.4) is 0 Å². The molecule has 0 saturated carbocycles. The van der Waals surface area contributed by atoms with Crippen LogP contribution in [0.1, 0.15) is 11.1 Å². The molecule has 52 heavy (non-hydrogen) atoms. The number of thiazole rings is 1. The third-order valence-corrected chi connectivity index (χ3v) is 8.71. The Morgan fingerprint density at radius 2 is 1.37 bits per heavy atom. The Balaban J connectivity index is 0.000000187. The van der Waals surface area contributed by atoms with Gasteiger partial charge in [-0.2, -0.15) is 26.3 Å². The lowest BCUT2D eigenvalue weighted by Crippen LogP contribution is -2.48.